The fraction of sp³-hybridized carbons (Fsp3) is 0.549. The number of hydrazine groups is 1. The molecule has 380 valence electrons. The lowest BCUT2D eigenvalue weighted by atomic mass is 9.84. The number of aromatic nitrogens is 2. The Morgan fingerprint density at radius 1 is 1.00 bits per heavy atom. The number of nitrogens with zero attached hydrogens (tertiary/aromatic N) is 5. The van der Waals surface area contributed by atoms with Gasteiger partial charge in [-0.2, -0.15) is 13.2 Å². The van der Waals surface area contributed by atoms with Crippen LogP contribution in [0.15, 0.2) is 54.7 Å². The second kappa shape index (κ2) is 21.3. The average molecular weight is 978 g/mol. The molecule has 0 bridgehead atoms. The predicted octanol–water partition coefficient (Wildman–Crippen LogP) is 7.31. The number of carbonyl (C=O) groups is 4. The first-order chi connectivity index (χ1) is 33.0. The summed E-state index contributed by atoms with van der Waals surface area (Å²) in [5.74, 6) is -2.13. The number of methoxy groups -OCH3 is 1. The van der Waals surface area contributed by atoms with Crippen LogP contribution < -0.4 is 15.6 Å². The highest BCUT2D eigenvalue weighted by atomic mass is 19.4. The molecule has 0 aliphatic carbocycles. The minimum absolute atomic E-state index is 0.00159. The number of carbonyl (C=O) groups excluding carboxylic acids is 3. The minimum Gasteiger partial charge on any atom is -0.480 e. The van der Waals surface area contributed by atoms with Gasteiger partial charge in [0, 0.05) is 75.1 Å². The Hall–Kier alpha value is -5.76. The van der Waals surface area contributed by atoms with Crippen LogP contribution in [-0.4, -0.2) is 138 Å². The van der Waals surface area contributed by atoms with Gasteiger partial charge in [-0.05, 0) is 87.4 Å². The maximum atomic E-state index is 15.0. The van der Waals surface area contributed by atoms with Gasteiger partial charge in [-0.3, -0.25) is 29.3 Å². The van der Waals surface area contributed by atoms with Crippen molar-refractivity contribution in [1.82, 2.24) is 30.2 Å². The number of benzene rings is 2. The number of pyridine rings is 1. The van der Waals surface area contributed by atoms with Crippen molar-refractivity contribution in [3.05, 3.63) is 71.5 Å². The van der Waals surface area contributed by atoms with Gasteiger partial charge in [0.15, 0.2) is 0 Å². The summed E-state index contributed by atoms with van der Waals surface area (Å²) < 4.78 is 69.1. The number of nitrogens with one attached hydrogen (secondary N) is 2. The fourth-order valence-corrected chi connectivity index (χ4v) is 9.58. The number of carboxylic acid groups (broad SMARTS) is 1. The van der Waals surface area contributed by atoms with E-state index in [0.29, 0.717) is 89.3 Å². The van der Waals surface area contributed by atoms with Gasteiger partial charge in [-0.25, -0.2) is 10.2 Å². The molecule has 3 aliphatic heterocycles. The number of piperazine rings is 1. The highest BCUT2D eigenvalue weighted by Crippen LogP contribution is 2.44. The van der Waals surface area contributed by atoms with Crippen molar-refractivity contribution in [2.75, 3.05) is 64.6 Å². The van der Waals surface area contributed by atoms with E-state index in [2.05, 4.69) is 20.5 Å². The van der Waals surface area contributed by atoms with Crippen molar-refractivity contribution in [1.29, 1.82) is 0 Å². The molecule has 19 heteroatoms. The summed E-state index contributed by atoms with van der Waals surface area (Å²) in [6, 6.07) is 12.5. The monoisotopic (exact) mass is 977 g/mol. The lowest BCUT2D eigenvalue weighted by Crippen LogP contribution is -2.60. The molecule has 2 unspecified atom stereocenters. The van der Waals surface area contributed by atoms with E-state index in [4.69, 9.17) is 23.9 Å². The number of amides is 2. The van der Waals surface area contributed by atoms with E-state index in [1.165, 1.54) is 23.6 Å². The first kappa shape index (κ1) is 52.1. The number of alkyl halides is 3. The third-order valence-corrected chi connectivity index (χ3v) is 13.0. The molecule has 3 N–H and O–H groups in total. The highest BCUT2D eigenvalue weighted by molar-refractivity contribution is 5.96. The van der Waals surface area contributed by atoms with Gasteiger partial charge >= 0.3 is 24.2 Å². The molecule has 2 amide bonds. The molecule has 7 rings (SSSR count). The zero-order chi connectivity index (χ0) is 50.7. The van der Waals surface area contributed by atoms with Crippen molar-refractivity contribution >= 4 is 40.5 Å². The standard InChI is InChI=1S/C51H66F3N7O9/c1-31(67-8)44-39(24-36(26-55-44)59-18-17-58-19-20-68-28-37(58)27-59)45-40(25-50(6,7)30-69-32(2)62)38-23-35(14-15-43(38)60(45)29-51(52,53)54)34-12-9-11-33(21-34)22-42(56-48(66)70-49(3,4)5)46(63)61-16-10-13-41(57-61)47(64)65/h9,11-12,14-15,21,23-24,26,31,37,41-42,57H,10,13,16-20,22,25,27-30H2,1-8H3,(H,56,66)(H,64,65)/t31?,37-,41-,42?/m0/s1. The van der Waals surface area contributed by atoms with Crippen LogP contribution in [0.3, 0.4) is 0 Å². The molecule has 3 aliphatic rings. The summed E-state index contributed by atoms with van der Waals surface area (Å²) in [7, 11) is 1.53. The summed E-state index contributed by atoms with van der Waals surface area (Å²) in [6.07, 6.45) is -3.33. The zero-order valence-electron chi connectivity index (χ0n) is 41.3. The maximum Gasteiger partial charge on any atom is 0.408 e. The third-order valence-electron chi connectivity index (χ3n) is 13.0. The van der Waals surface area contributed by atoms with E-state index >= 15 is 13.2 Å². The summed E-state index contributed by atoms with van der Waals surface area (Å²) in [5, 5.41) is 14.2. The number of halogens is 3. The van der Waals surface area contributed by atoms with E-state index in [-0.39, 0.29) is 32.0 Å². The van der Waals surface area contributed by atoms with Gasteiger partial charge in [0.2, 0.25) is 0 Å². The summed E-state index contributed by atoms with van der Waals surface area (Å²) in [6.45, 7) is 15.2. The molecular weight excluding hydrogens is 912 g/mol. The molecular formula is C51H66F3N7O9. The van der Waals surface area contributed by atoms with E-state index < -0.39 is 65.9 Å². The molecule has 3 fully saturated rings. The van der Waals surface area contributed by atoms with E-state index in [1.807, 2.05) is 45.0 Å². The van der Waals surface area contributed by atoms with Crippen LogP contribution in [-0.2, 0) is 52.7 Å². The number of ether oxygens (including phenoxy) is 4. The number of rotatable bonds is 15. The second-order valence-electron chi connectivity index (χ2n) is 20.4. The van der Waals surface area contributed by atoms with Crippen LogP contribution in [0, 0.1) is 5.41 Å². The molecule has 2 aromatic carbocycles. The number of alkyl carbamates (subject to hydrolysis) is 1. The molecule has 0 spiro atoms. The van der Waals surface area contributed by atoms with E-state index in [1.54, 1.807) is 51.2 Å². The number of hydrogen-bond donors (Lipinski definition) is 3. The van der Waals surface area contributed by atoms with E-state index in [9.17, 15) is 24.3 Å². The minimum atomic E-state index is -4.63. The molecule has 4 atom stereocenters. The number of morpholine rings is 1. The average Bonchev–Trinajstić information content (AvgIpc) is 3.58. The summed E-state index contributed by atoms with van der Waals surface area (Å²) >= 11 is 0. The fourth-order valence-electron chi connectivity index (χ4n) is 9.58. The van der Waals surface area contributed by atoms with Crippen LogP contribution in [0.4, 0.5) is 23.7 Å². The molecule has 4 aromatic rings. The summed E-state index contributed by atoms with van der Waals surface area (Å²) in [5.41, 5.74) is 6.12. The Bertz CT molecular complexity index is 2560. The third kappa shape index (κ3) is 12.8. The smallest absolute Gasteiger partial charge is 0.408 e. The Balaban J connectivity index is 1.35. The van der Waals surface area contributed by atoms with Gasteiger partial charge in [-0.1, -0.05) is 44.2 Å². The van der Waals surface area contributed by atoms with Crippen LogP contribution in [0.1, 0.15) is 84.2 Å². The van der Waals surface area contributed by atoms with E-state index in [0.717, 1.165) is 18.8 Å². The van der Waals surface area contributed by atoms with Crippen molar-refractivity contribution in [2.45, 2.75) is 117 Å². The lowest BCUT2D eigenvalue weighted by molar-refractivity contribution is -0.148. The normalized spacial score (nSPS) is 19.1. The first-order valence-electron chi connectivity index (χ1n) is 23.8. The Morgan fingerprint density at radius 3 is 2.46 bits per heavy atom. The zero-order valence-corrected chi connectivity index (χ0v) is 41.3. The van der Waals surface area contributed by atoms with Gasteiger partial charge in [-0.15, -0.1) is 0 Å². The van der Waals surface area contributed by atoms with Gasteiger partial charge in [0.1, 0.15) is 24.2 Å². The quantitative estimate of drug-likeness (QED) is 0.101. The first-order valence-corrected chi connectivity index (χ1v) is 23.8. The predicted molar refractivity (Wildman–Crippen MR) is 257 cm³/mol. The number of fused-ring (bicyclic) bond motifs is 2. The van der Waals surface area contributed by atoms with Crippen molar-refractivity contribution in [3.8, 4) is 22.4 Å². The van der Waals surface area contributed by atoms with Crippen LogP contribution in [0.2, 0.25) is 0 Å². The number of esters is 1. The molecule has 0 saturated carbocycles. The molecule has 5 heterocycles. The van der Waals surface area contributed by atoms with Crippen molar-refractivity contribution < 1.29 is 56.4 Å². The number of aliphatic carboxylic acids is 1. The Labute approximate surface area is 406 Å². The van der Waals surface area contributed by atoms with Crippen LogP contribution >= 0.6 is 0 Å². The van der Waals surface area contributed by atoms with Gasteiger partial charge in [0.05, 0.1) is 55.2 Å². The second-order valence-corrected chi connectivity index (χ2v) is 20.4. The lowest BCUT2D eigenvalue weighted by Gasteiger charge is -2.44. The molecule has 0 radical (unpaired) electrons. The SMILES string of the molecule is COC(C)c1ncc(N2CCN3CCOC[C@@H]3C2)cc1-c1c(CC(C)(C)COC(C)=O)c2cc(-c3cccc(CC(NC(=O)OC(C)(C)C)C(=O)N4CCC[C@@H](C(=O)O)N4)c3)ccc2n1CC(F)(F)F. The van der Waals surface area contributed by atoms with Crippen LogP contribution in [0.5, 0.6) is 0 Å². The van der Waals surface area contributed by atoms with Crippen molar-refractivity contribution in [3.63, 3.8) is 0 Å². The van der Waals surface area contributed by atoms with Gasteiger partial charge in [0.25, 0.3) is 5.91 Å². The van der Waals surface area contributed by atoms with Gasteiger partial charge < -0.3 is 38.8 Å². The number of anilines is 1. The molecule has 2 aromatic heterocycles. The van der Waals surface area contributed by atoms with Crippen molar-refractivity contribution in [2.24, 2.45) is 5.41 Å². The highest BCUT2D eigenvalue weighted by Gasteiger charge is 2.37. The largest absolute Gasteiger partial charge is 0.480 e. The Morgan fingerprint density at radius 2 is 1.76 bits per heavy atom. The molecule has 3 saturated heterocycles. The topological polar surface area (TPSA) is 177 Å². The molecule has 70 heavy (non-hydrogen) atoms. The maximum absolute atomic E-state index is 15.0. The summed E-state index contributed by atoms with van der Waals surface area (Å²) in [4.78, 5) is 60.8. The molecule has 16 nitrogen and oxygen atoms in total. The van der Waals surface area contributed by atoms with Crippen LogP contribution in [0.25, 0.3) is 33.3 Å². The number of carboxylic acids is 1. The Kier molecular flexibility index (Phi) is 15.8. The number of hydrogen-bond acceptors (Lipinski definition) is 12.